The summed E-state index contributed by atoms with van der Waals surface area (Å²) in [7, 11) is 0. The van der Waals surface area contributed by atoms with Crippen molar-refractivity contribution in [1.29, 1.82) is 0 Å². The van der Waals surface area contributed by atoms with E-state index in [0.29, 0.717) is 11.0 Å². The first-order valence-corrected chi connectivity index (χ1v) is 8.32. The van der Waals surface area contributed by atoms with Crippen LogP contribution in [0.25, 0.3) is 0 Å². The first-order chi connectivity index (χ1) is 10.9. The van der Waals surface area contributed by atoms with Crippen molar-refractivity contribution in [3.8, 4) is 0 Å². The van der Waals surface area contributed by atoms with Gasteiger partial charge in [0.25, 0.3) is 0 Å². The molecule has 0 saturated carbocycles. The average molecular weight is 331 g/mol. The molecule has 2 N–H and O–H groups in total. The minimum absolute atomic E-state index is 0.0954. The minimum atomic E-state index is -0.298. The smallest absolute Gasteiger partial charge is 0.233 e. The van der Waals surface area contributed by atoms with Crippen LogP contribution in [0.15, 0.2) is 30.5 Å². The standard InChI is InChI=1S/C17H21N3O2S/c1-10(2)15-9-18-17(23-15)20-16(22)11(3)13-5-7-14(8-6-13)19-12(4)21/h5-11H,1-4H3,(H,19,21)(H,18,20,22)/t11-/m1/s1. The molecule has 2 aromatic rings. The molecule has 0 saturated heterocycles. The van der Waals surface area contributed by atoms with Crippen molar-refractivity contribution in [1.82, 2.24) is 4.98 Å². The molecule has 0 spiro atoms. The maximum atomic E-state index is 12.3. The Morgan fingerprint density at radius 2 is 1.74 bits per heavy atom. The Morgan fingerprint density at radius 1 is 1.09 bits per heavy atom. The maximum absolute atomic E-state index is 12.3. The first kappa shape index (κ1) is 17.1. The van der Waals surface area contributed by atoms with E-state index in [-0.39, 0.29) is 17.7 Å². The highest BCUT2D eigenvalue weighted by Gasteiger charge is 2.17. The van der Waals surface area contributed by atoms with Crippen molar-refractivity contribution in [2.24, 2.45) is 0 Å². The number of carbonyl (C=O) groups excluding carboxylic acids is 2. The fraction of sp³-hybridized carbons (Fsp3) is 0.353. The molecule has 122 valence electrons. The summed E-state index contributed by atoms with van der Waals surface area (Å²) >= 11 is 1.50. The summed E-state index contributed by atoms with van der Waals surface area (Å²) in [5, 5.41) is 6.19. The monoisotopic (exact) mass is 331 g/mol. The molecule has 0 radical (unpaired) electrons. The van der Waals surface area contributed by atoms with Gasteiger partial charge >= 0.3 is 0 Å². The number of hydrogen-bond acceptors (Lipinski definition) is 4. The van der Waals surface area contributed by atoms with Crippen molar-refractivity contribution in [2.45, 2.75) is 39.5 Å². The van der Waals surface area contributed by atoms with Crippen LogP contribution in [-0.4, -0.2) is 16.8 Å². The van der Waals surface area contributed by atoms with Crippen molar-refractivity contribution >= 4 is 34.0 Å². The zero-order chi connectivity index (χ0) is 17.0. The highest BCUT2D eigenvalue weighted by Crippen LogP contribution is 2.26. The molecule has 0 bridgehead atoms. The number of nitrogens with zero attached hydrogens (tertiary/aromatic N) is 1. The van der Waals surface area contributed by atoms with Crippen LogP contribution in [0, 0.1) is 0 Å². The molecule has 6 heteroatoms. The maximum Gasteiger partial charge on any atom is 0.233 e. The lowest BCUT2D eigenvalue weighted by molar-refractivity contribution is -0.117. The molecule has 23 heavy (non-hydrogen) atoms. The van der Waals surface area contributed by atoms with E-state index in [4.69, 9.17) is 0 Å². The first-order valence-electron chi connectivity index (χ1n) is 7.51. The second kappa shape index (κ2) is 7.37. The predicted octanol–water partition coefficient (Wildman–Crippen LogP) is 3.97. The Bertz CT molecular complexity index is 692. The molecule has 2 amide bonds. The lowest BCUT2D eigenvalue weighted by Crippen LogP contribution is -2.18. The van der Waals surface area contributed by atoms with E-state index in [1.165, 1.54) is 18.3 Å². The minimum Gasteiger partial charge on any atom is -0.326 e. The van der Waals surface area contributed by atoms with Crippen molar-refractivity contribution < 1.29 is 9.59 Å². The molecule has 0 aliphatic rings. The molecular formula is C17H21N3O2S. The van der Waals surface area contributed by atoms with Gasteiger partial charge in [-0.1, -0.05) is 26.0 Å². The van der Waals surface area contributed by atoms with Crippen LogP contribution in [0.3, 0.4) is 0 Å². The summed E-state index contributed by atoms with van der Waals surface area (Å²) in [4.78, 5) is 28.7. The number of thiazole rings is 1. The Hall–Kier alpha value is -2.21. The van der Waals surface area contributed by atoms with E-state index in [1.807, 2.05) is 19.1 Å². The summed E-state index contributed by atoms with van der Waals surface area (Å²) in [5.74, 6) is -0.111. The molecule has 0 unspecified atom stereocenters. The van der Waals surface area contributed by atoms with Gasteiger partial charge in [-0.15, -0.1) is 11.3 Å². The topological polar surface area (TPSA) is 71.1 Å². The molecule has 1 aromatic heterocycles. The van der Waals surface area contributed by atoms with Crippen LogP contribution in [0.1, 0.15) is 50.0 Å². The van der Waals surface area contributed by atoms with Crippen LogP contribution < -0.4 is 10.6 Å². The van der Waals surface area contributed by atoms with Gasteiger partial charge in [0.05, 0.1) is 5.92 Å². The predicted molar refractivity (Wildman–Crippen MR) is 94.0 cm³/mol. The van der Waals surface area contributed by atoms with Gasteiger partial charge < -0.3 is 10.6 Å². The van der Waals surface area contributed by atoms with E-state index in [9.17, 15) is 9.59 Å². The zero-order valence-corrected chi connectivity index (χ0v) is 14.5. The highest BCUT2D eigenvalue weighted by molar-refractivity contribution is 7.15. The summed E-state index contributed by atoms with van der Waals surface area (Å²) < 4.78 is 0. The van der Waals surface area contributed by atoms with Gasteiger partial charge in [0.15, 0.2) is 5.13 Å². The number of aromatic nitrogens is 1. The van der Waals surface area contributed by atoms with E-state index in [2.05, 4.69) is 29.5 Å². The molecule has 2 rings (SSSR count). The zero-order valence-electron chi connectivity index (χ0n) is 13.7. The van der Waals surface area contributed by atoms with Crippen LogP contribution in [0.4, 0.5) is 10.8 Å². The van der Waals surface area contributed by atoms with Crippen LogP contribution in [0.5, 0.6) is 0 Å². The number of carbonyl (C=O) groups is 2. The number of nitrogens with one attached hydrogen (secondary N) is 2. The summed E-state index contributed by atoms with van der Waals surface area (Å²) in [6, 6.07) is 7.27. The lowest BCUT2D eigenvalue weighted by Gasteiger charge is -2.12. The molecule has 0 aliphatic carbocycles. The van der Waals surface area contributed by atoms with Crippen LogP contribution in [-0.2, 0) is 9.59 Å². The van der Waals surface area contributed by atoms with Crippen LogP contribution in [0.2, 0.25) is 0 Å². The molecule has 0 aliphatic heterocycles. The fourth-order valence-electron chi connectivity index (χ4n) is 2.03. The SMILES string of the molecule is CC(=O)Nc1ccc([C@@H](C)C(=O)Nc2ncc(C(C)C)s2)cc1. The third-order valence-electron chi connectivity index (χ3n) is 3.45. The van der Waals surface area contributed by atoms with Gasteiger partial charge in [0.1, 0.15) is 0 Å². The average Bonchev–Trinajstić information content (AvgIpc) is 2.95. The molecule has 0 fully saturated rings. The summed E-state index contributed by atoms with van der Waals surface area (Å²) in [6.07, 6.45) is 1.80. The van der Waals surface area contributed by atoms with E-state index >= 15 is 0 Å². The van der Waals surface area contributed by atoms with Gasteiger partial charge in [0, 0.05) is 23.7 Å². The number of amides is 2. The second-order valence-corrected chi connectivity index (χ2v) is 6.80. The number of rotatable bonds is 5. The molecule has 1 aromatic carbocycles. The van der Waals surface area contributed by atoms with Crippen molar-refractivity contribution in [2.75, 3.05) is 10.6 Å². The Morgan fingerprint density at radius 3 is 2.26 bits per heavy atom. The molecule has 1 heterocycles. The van der Waals surface area contributed by atoms with Crippen LogP contribution >= 0.6 is 11.3 Å². The summed E-state index contributed by atoms with van der Waals surface area (Å²) in [6.45, 7) is 7.50. The van der Waals surface area contributed by atoms with E-state index in [1.54, 1.807) is 18.3 Å². The number of hydrogen-bond donors (Lipinski definition) is 2. The van der Waals surface area contributed by atoms with Gasteiger partial charge in [-0.3, -0.25) is 9.59 Å². The summed E-state index contributed by atoms with van der Waals surface area (Å²) in [5.41, 5.74) is 1.60. The molecule has 1 atom stereocenters. The fourth-order valence-corrected chi connectivity index (χ4v) is 2.86. The Balaban J connectivity index is 2.02. The van der Waals surface area contributed by atoms with Crippen molar-refractivity contribution in [3.05, 3.63) is 40.9 Å². The van der Waals surface area contributed by atoms with Gasteiger partial charge in [0.2, 0.25) is 11.8 Å². The normalized spacial score (nSPS) is 12.0. The van der Waals surface area contributed by atoms with E-state index in [0.717, 1.165) is 16.1 Å². The van der Waals surface area contributed by atoms with Gasteiger partial charge in [-0.05, 0) is 30.5 Å². The number of benzene rings is 1. The van der Waals surface area contributed by atoms with Crippen molar-refractivity contribution in [3.63, 3.8) is 0 Å². The van der Waals surface area contributed by atoms with E-state index < -0.39 is 0 Å². The lowest BCUT2D eigenvalue weighted by atomic mass is 10.0. The second-order valence-electron chi connectivity index (χ2n) is 5.74. The largest absolute Gasteiger partial charge is 0.326 e. The van der Waals surface area contributed by atoms with Gasteiger partial charge in [-0.2, -0.15) is 0 Å². The quantitative estimate of drug-likeness (QED) is 0.871. The molecular weight excluding hydrogens is 310 g/mol. The Labute approximate surface area is 140 Å². The third kappa shape index (κ3) is 4.63. The Kier molecular flexibility index (Phi) is 5.50. The third-order valence-corrected chi connectivity index (χ3v) is 4.66. The highest BCUT2D eigenvalue weighted by atomic mass is 32.1. The molecule has 5 nitrogen and oxygen atoms in total. The number of anilines is 2. The van der Waals surface area contributed by atoms with Gasteiger partial charge in [-0.25, -0.2) is 4.98 Å².